The number of halogens is 4. The minimum atomic E-state index is -4.25. The van der Waals surface area contributed by atoms with Crippen LogP contribution in [0.3, 0.4) is 0 Å². The molecule has 1 saturated heterocycles. The van der Waals surface area contributed by atoms with E-state index in [9.17, 15) is 17.6 Å². The second-order valence-corrected chi connectivity index (χ2v) is 7.18. The van der Waals surface area contributed by atoms with Crippen LogP contribution in [0.2, 0.25) is 0 Å². The van der Waals surface area contributed by atoms with Crippen molar-refractivity contribution in [2.24, 2.45) is 0 Å². The maximum Gasteiger partial charge on any atom is 0.398 e. The van der Waals surface area contributed by atoms with E-state index in [-0.39, 0.29) is 0 Å². The van der Waals surface area contributed by atoms with E-state index >= 15 is 0 Å². The molecule has 140 valence electrons. The Kier molecular flexibility index (Phi) is 5.60. The van der Waals surface area contributed by atoms with Crippen LogP contribution in [0.15, 0.2) is 41.6 Å². The maximum atomic E-state index is 14.4. The number of anilines is 2. The standard InChI is InChI=1S/C18H19F4N3S/c1-13-9-15(19)16(10-17(13)26-12-18(20,21)22)25-7-5-24(6-8-25)14-3-2-4-23-11-14/h2-4,9-11H,5-8,12H2,1H3. The molecule has 0 radical (unpaired) electrons. The predicted octanol–water partition coefficient (Wildman–Crippen LogP) is 4.51. The number of aryl methyl sites for hydroxylation is 1. The van der Waals surface area contributed by atoms with Gasteiger partial charge in [0.15, 0.2) is 0 Å². The molecule has 0 atom stereocenters. The fraction of sp³-hybridized carbons (Fsp3) is 0.389. The van der Waals surface area contributed by atoms with Gasteiger partial charge in [0.1, 0.15) is 5.82 Å². The van der Waals surface area contributed by atoms with Gasteiger partial charge in [-0.1, -0.05) is 0 Å². The summed E-state index contributed by atoms with van der Waals surface area (Å²) in [7, 11) is 0. The van der Waals surface area contributed by atoms with Gasteiger partial charge in [-0.3, -0.25) is 4.98 Å². The molecule has 0 unspecified atom stereocenters. The van der Waals surface area contributed by atoms with Crippen LogP contribution < -0.4 is 9.80 Å². The Hall–Kier alpha value is -1.96. The molecule has 3 rings (SSSR count). The molecule has 1 aliphatic rings. The van der Waals surface area contributed by atoms with Crippen LogP contribution in [-0.4, -0.2) is 43.1 Å². The van der Waals surface area contributed by atoms with Crippen molar-refractivity contribution in [3.8, 4) is 0 Å². The number of thioether (sulfide) groups is 1. The van der Waals surface area contributed by atoms with Gasteiger partial charge in [0, 0.05) is 37.3 Å². The first kappa shape index (κ1) is 18.8. The number of pyridine rings is 1. The molecule has 0 bridgehead atoms. The molecule has 0 saturated carbocycles. The largest absolute Gasteiger partial charge is 0.398 e. The number of alkyl halides is 3. The van der Waals surface area contributed by atoms with Gasteiger partial charge in [0.2, 0.25) is 0 Å². The van der Waals surface area contributed by atoms with E-state index in [0.717, 1.165) is 5.69 Å². The Morgan fingerprint density at radius 1 is 1.12 bits per heavy atom. The maximum absolute atomic E-state index is 14.4. The molecule has 2 aromatic rings. The van der Waals surface area contributed by atoms with Crippen molar-refractivity contribution in [2.45, 2.75) is 18.0 Å². The van der Waals surface area contributed by atoms with E-state index in [2.05, 4.69) is 9.88 Å². The fourth-order valence-electron chi connectivity index (χ4n) is 2.95. The lowest BCUT2D eigenvalue weighted by Crippen LogP contribution is -2.46. The molecule has 1 fully saturated rings. The number of aromatic nitrogens is 1. The highest BCUT2D eigenvalue weighted by atomic mass is 32.2. The van der Waals surface area contributed by atoms with Crippen molar-refractivity contribution in [3.05, 3.63) is 48.0 Å². The van der Waals surface area contributed by atoms with Gasteiger partial charge in [-0.05, 0) is 36.8 Å². The molecular weight excluding hydrogens is 366 g/mol. The zero-order chi connectivity index (χ0) is 18.7. The van der Waals surface area contributed by atoms with Crippen LogP contribution in [0, 0.1) is 12.7 Å². The summed E-state index contributed by atoms with van der Waals surface area (Å²) in [6, 6.07) is 6.70. The smallest absolute Gasteiger partial charge is 0.367 e. The van der Waals surface area contributed by atoms with Gasteiger partial charge >= 0.3 is 6.18 Å². The van der Waals surface area contributed by atoms with Crippen LogP contribution in [0.4, 0.5) is 28.9 Å². The molecule has 26 heavy (non-hydrogen) atoms. The van der Waals surface area contributed by atoms with Crippen LogP contribution in [0.25, 0.3) is 0 Å². The Labute approximate surface area is 154 Å². The quantitative estimate of drug-likeness (QED) is 0.570. The first-order valence-electron chi connectivity index (χ1n) is 8.23. The number of hydrogen-bond donors (Lipinski definition) is 0. The van der Waals surface area contributed by atoms with Gasteiger partial charge in [-0.25, -0.2) is 4.39 Å². The summed E-state index contributed by atoms with van der Waals surface area (Å²) >= 11 is 0.701. The van der Waals surface area contributed by atoms with E-state index in [1.807, 2.05) is 17.0 Å². The molecule has 1 aromatic carbocycles. The first-order chi connectivity index (χ1) is 12.3. The van der Waals surface area contributed by atoms with Crippen molar-refractivity contribution in [2.75, 3.05) is 41.7 Å². The number of hydrogen-bond acceptors (Lipinski definition) is 4. The number of benzene rings is 1. The average molecular weight is 385 g/mol. The lowest BCUT2D eigenvalue weighted by molar-refractivity contribution is -0.105. The van der Waals surface area contributed by atoms with E-state index in [0.29, 0.717) is 54.1 Å². The molecule has 1 aromatic heterocycles. The Morgan fingerprint density at radius 2 is 1.81 bits per heavy atom. The number of rotatable bonds is 4. The normalized spacial score (nSPS) is 15.4. The van der Waals surface area contributed by atoms with Crippen molar-refractivity contribution in [1.29, 1.82) is 0 Å². The monoisotopic (exact) mass is 385 g/mol. The summed E-state index contributed by atoms with van der Waals surface area (Å²) < 4.78 is 51.9. The fourth-order valence-corrected chi connectivity index (χ4v) is 3.75. The summed E-state index contributed by atoms with van der Waals surface area (Å²) in [4.78, 5) is 8.62. The topological polar surface area (TPSA) is 19.4 Å². The van der Waals surface area contributed by atoms with E-state index < -0.39 is 17.7 Å². The minimum Gasteiger partial charge on any atom is -0.367 e. The number of piperazine rings is 1. The van der Waals surface area contributed by atoms with Gasteiger partial charge in [-0.15, -0.1) is 11.8 Å². The second-order valence-electron chi connectivity index (χ2n) is 6.16. The van der Waals surface area contributed by atoms with Crippen LogP contribution in [0.5, 0.6) is 0 Å². The molecule has 0 aliphatic carbocycles. The lowest BCUT2D eigenvalue weighted by atomic mass is 10.1. The van der Waals surface area contributed by atoms with Crippen molar-refractivity contribution < 1.29 is 17.6 Å². The summed E-state index contributed by atoms with van der Waals surface area (Å²) in [5, 5.41) is 0. The molecule has 2 heterocycles. The van der Waals surface area contributed by atoms with Crippen molar-refractivity contribution >= 4 is 23.1 Å². The average Bonchev–Trinajstić information content (AvgIpc) is 2.61. The third-order valence-electron chi connectivity index (χ3n) is 4.27. The minimum absolute atomic E-state index is 0.367. The molecule has 0 spiro atoms. The van der Waals surface area contributed by atoms with E-state index in [4.69, 9.17) is 0 Å². The molecule has 3 nitrogen and oxygen atoms in total. The first-order valence-corrected chi connectivity index (χ1v) is 9.22. The molecule has 1 aliphatic heterocycles. The highest BCUT2D eigenvalue weighted by Crippen LogP contribution is 2.34. The van der Waals surface area contributed by atoms with Gasteiger partial charge in [-0.2, -0.15) is 13.2 Å². The summed E-state index contributed by atoms with van der Waals surface area (Å²) in [5.41, 5.74) is 1.90. The Balaban J connectivity index is 1.71. The van der Waals surface area contributed by atoms with Crippen molar-refractivity contribution in [1.82, 2.24) is 4.98 Å². The molecule has 8 heteroatoms. The molecular formula is C18H19F4N3S. The van der Waals surface area contributed by atoms with Crippen LogP contribution in [0.1, 0.15) is 5.56 Å². The zero-order valence-electron chi connectivity index (χ0n) is 14.3. The number of nitrogens with zero attached hydrogens (tertiary/aromatic N) is 3. The zero-order valence-corrected chi connectivity index (χ0v) is 15.1. The van der Waals surface area contributed by atoms with Gasteiger partial charge in [0.05, 0.1) is 23.3 Å². The van der Waals surface area contributed by atoms with Crippen molar-refractivity contribution in [3.63, 3.8) is 0 Å². The van der Waals surface area contributed by atoms with E-state index in [1.165, 1.54) is 6.07 Å². The van der Waals surface area contributed by atoms with Crippen LogP contribution >= 0.6 is 11.8 Å². The highest BCUT2D eigenvalue weighted by Gasteiger charge is 2.28. The second kappa shape index (κ2) is 7.73. The third-order valence-corrected chi connectivity index (χ3v) is 5.49. The van der Waals surface area contributed by atoms with Gasteiger partial charge in [0.25, 0.3) is 0 Å². The predicted molar refractivity (Wildman–Crippen MR) is 96.6 cm³/mol. The lowest BCUT2D eigenvalue weighted by Gasteiger charge is -2.37. The Morgan fingerprint density at radius 3 is 2.42 bits per heavy atom. The summed E-state index contributed by atoms with van der Waals surface area (Å²) in [6.07, 6.45) is -0.753. The SMILES string of the molecule is Cc1cc(F)c(N2CCN(c3cccnc3)CC2)cc1SCC(F)(F)F. The van der Waals surface area contributed by atoms with E-state index in [1.54, 1.807) is 25.4 Å². The highest BCUT2D eigenvalue weighted by molar-refractivity contribution is 7.99. The molecule has 0 amide bonds. The summed E-state index contributed by atoms with van der Waals surface area (Å²) in [5.74, 6) is -1.37. The molecule has 0 N–H and O–H groups in total. The Bertz CT molecular complexity index is 744. The third kappa shape index (κ3) is 4.60. The van der Waals surface area contributed by atoms with Crippen LogP contribution in [-0.2, 0) is 0 Å². The van der Waals surface area contributed by atoms with Gasteiger partial charge < -0.3 is 9.80 Å². The summed E-state index contributed by atoms with van der Waals surface area (Å²) in [6.45, 7) is 4.22.